The van der Waals surface area contributed by atoms with Crippen LogP contribution in [0, 0.1) is 0 Å². The van der Waals surface area contributed by atoms with Gasteiger partial charge in [-0.3, -0.25) is 0 Å². The molecule has 72 valence electrons. The third-order valence-electron chi connectivity index (χ3n) is 2.01. The molecule has 4 heteroatoms. The lowest BCUT2D eigenvalue weighted by Gasteiger charge is -2.08. The maximum atomic E-state index is 6.01. The van der Waals surface area contributed by atoms with E-state index in [9.17, 15) is 0 Å². The van der Waals surface area contributed by atoms with Crippen molar-refractivity contribution in [3.63, 3.8) is 0 Å². The third kappa shape index (κ3) is 2.16. The van der Waals surface area contributed by atoms with E-state index in [1.807, 2.05) is 6.07 Å². The van der Waals surface area contributed by atoms with E-state index in [2.05, 4.69) is 21.4 Å². The van der Waals surface area contributed by atoms with E-state index in [0.717, 1.165) is 12.0 Å². The smallest absolute Gasteiger partial charge is 0.115 e. The molecule has 0 saturated heterocycles. The number of hydrogen-bond acceptors (Lipinski definition) is 4. The molecule has 0 spiro atoms. The highest BCUT2D eigenvalue weighted by molar-refractivity contribution is 7.09. The Morgan fingerprint density at radius 1 is 1.36 bits per heavy atom. The molecule has 2 aromatic rings. The highest BCUT2D eigenvalue weighted by atomic mass is 32.1. The minimum atomic E-state index is -0.00477. The zero-order chi connectivity index (χ0) is 9.80. The Kier molecular flexibility index (Phi) is 2.86. The monoisotopic (exact) mass is 205 g/mol. The normalized spacial score (nSPS) is 12.6. The van der Waals surface area contributed by atoms with E-state index < -0.39 is 0 Å². The second kappa shape index (κ2) is 4.30. The molecule has 14 heavy (non-hydrogen) atoms. The van der Waals surface area contributed by atoms with Crippen molar-refractivity contribution in [1.29, 1.82) is 0 Å². The average Bonchev–Trinajstić information content (AvgIpc) is 2.72. The first-order valence-corrected chi connectivity index (χ1v) is 5.27. The molecule has 1 atom stereocenters. The Bertz CT molecular complexity index is 372. The quantitative estimate of drug-likeness (QED) is 0.831. The van der Waals surface area contributed by atoms with Crippen LogP contribution in [0.3, 0.4) is 0 Å². The third-order valence-corrected chi connectivity index (χ3v) is 2.91. The van der Waals surface area contributed by atoms with Gasteiger partial charge in [0.1, 0.15) is 6.33 Å². The molecule has 0 aliphatic carbocycles. The molecule has 0 amide bonds. The van der Waals surface area contributed by atoms with Gasteiger partial charge in [-0.1, -0.05) is 6.07 Å². The Balaban J connectivity index is 2.07. The van der Waals surface area contributed by atoms with Gasteiger partial charge in [0.2, 0.25) is 0 Å². The van der Waals surface area contributed by atoms with Crippen LogP contribution in [-0.4, -0.2) is 9.97 Å². The topological polar surface area (TPSA) is 51.8 Å². The largest absolute Gasteiger partial charge is 0.324 e. The zero-order valence-electron chi connectivity index (χ0n) is 7.63. The maximum absolute atomic E-state index is 6.01. The summed E-state index contributed by atoms with van der Waals surface area (Å²) in [6.45, 7) is 0. The first-order valence-electron chi connectivity index (χ1n) is 4.39. The number of nitrogens with two attached hydrogens (primary N) is 1. The summed E-state index contributed by atoms with van der Waals surface area (Å²) < 4.78 is 0. The lowest BCUT2D eigenvalue weighted by atomic mass is 10.1. The van der Waals surface area contributed by atoms with Crippen molar-refractivity contribution in [3.8, 4) is 0 Å². The minimum Gasteiger partial charge on any atom is -0.324 e. The zero-order valence-corrected chi connectivity index (χ0v) is 8.45. The van der Waals surface area contributed by atoms with Crippen LogP contribution in [-0.2, 0) is 6.42 Å². The Morgan fingerprint density at radius 2 is 2.14 bits per heavy atom. The minimum absolute atomic E-state index is 0.00477. The molecule has 0 aromatic carbocycles. The van der Waals surface area contributed by atoms with Gasteiger partial charge in [0.05, 0.1) is 0 Å². The SMILES string of the molecule is NC(Cc1cccs1)c1cncnc1. The van der Waals surface area contributed by atoms with Crippen LogP contribution in [0.1, 0.15) is 16.5 Å². The second-order valence-corrected chi connectivity index (χ2v) is 4.09. The molecule has 0 fully saturated rings. The van der Waals surface area contributed by atoms with Crippen molar-refractivity contribution in [2.45, 2.75) is 12.5 Å². The summed E-state index contributed by atoms with van der Waals surface area (Å²) in [5, 5.41) is 2.06. The molecule has 1 unspecified atom stereocenters. The van der Waals surface area contributed by atoms with Crippen molar-refractivity contribution in [3.05, 3.63) is 46.7 Å². The lowest BCUT2D eigenvalue weighted by molar-refractivity contribution is 0.720. The van der Waals surface area contributed by atoms with E-state index in [1.165, 1.54) is 11.2 Å². The molecule has 0 saturated carbocycles. The van der Waals surface area contributed by atoms with Gasteiger partial charge in [-0.25, -0.2) is 9.97 Å². The van der Waals surface area contributed by atoms with Crippen molar-refractivity contribution in [2.75, 3.05) is 0 Å². The van der Waals surface area contributed by atoms with Crippen LogP contribution < -0.4 is 5.73 Å². The number of rotatable bonds is 3. The average molecular weight is 205 g/mol. The summed E-state index contributed by atoms with van der Waals surface area (Å²) in [6.07, 6.45) is 5.91. The Morgan fingerprint density at radius 3 is 2.79 bits per heavy atom. The van der Waals surface area contributed by atoms with Gasteiger partial charge in [-0.15, -0.1) is 11.3 Å². The van der Waals surface area contributed by atoms with Crippen LogP contribution in [0.25, 0.3) is 0 Å². The molecule has 0 radical (unpaired) electrons. The fourth-order valence-corrected chi connectivity index (χ4v) is 2.03. The lowest BCUT2D eigenvalue weighted by Crippen LogP contribution is -2.13. The molecule has 0 aliphatic heterocycles. The van der Waals surface area contributed by atoms with Crippen molar-refractivity contribution in [1.82, 2.24) is 9.97 Å². The number of thiophene rings is 1. The first-order chi connectivity index (χ1) is 6.86. The predicted octanol–water partition coefficient (Wildman–Crippen LogP) is 1.78. The summed E-state index contributed by atoms with van der Waals surface area (Å²) >= 11 is 1.73. The number of hydrogen-bond donors (Lipinski definition) is 1. The Labute approximate surface area is 86.6 Å². The van der Waals surface area contributed by atoms with Crippen LogP contribution in [0.2, 0.25) is 0 Å². The van der Waals surface area contributed by atoms with Crippen LogP contribution >= 0.6 is 11.3 Å². The van der Waals surface area contributed by atoms with Crippen molar-refractivity contribution >= 4 is 11.3 Å². The first kappa shape index (κ1) is 9.30. The van der Waals surface area contributed by atoms with Crippen LogP contribution in [0.5, 0.6) is 0 Å². The van der Waals surface area contributed by atoms with E-state index in [0.29, 0.717) is 0 Å². The summed E-state index contributed by atoms with van der Waals surface area (Å²) in [7, 11) is 0. The van der Waals surface area contributed by atoms with Gasteiger partial charge in [-0.05, 0) is 11.4 Å². The predicted molar refractivity (Wildman–Crippen MR) is 57.0 cm³/mol. The van der Waals surface area contributed by atoms with Crippen LogP contribution in [0.4, 0.5) is 0 Å². The van der Waals surface area contributed by atoms with Gasteiger partial charge in [-0.2, -0.15) is 0 Å². The molecule has 2 rings (SSSR count). The molecule has 2 heterocycles. The maximum Gasteiger partial charge on any atom is 0.115 e. The number of aromatic nitrogens is 2. The van der Waals surface area contributed by atoms with Gasteiger partial charge in [0.15, 0.2) is 0 Å². The van der Waals surface area contributed by atoms with E-state index in [4.69, 9.17) is 5.73 Å². The second-order valence-electron chi connectivity index (χ2n) is 3.06. The molecule has 2 N–H and O–H groups in total. The summed E-state index contributed by atoms with van der Waals surface area (Å²) in [4.78, 5) is 9.19. The van der Waals surface area contributed by atoms with E-state index in [-0.39, 0.29) is 6.04 Å². The van der Waals surface area contributed by atoms with Gasteiger partial charge in [0.25, 0.3) is 0 Å². The molecular formula is C10H11N3S. The van der Waals surface area contributed by atoms with Gasteiger partial charge >= 0.3 is 0 Å². The molecule has 3 nitrogen and oxygen atoms in total. The molecule has 2 aromatic heterocycles. The highest BCUT2D eigenvalue weighted by Gasteiger charge is 2.07. The molecule has 0 bridgehead atoms. The van der Waals surface area contributed by atoms with Gasteiger partial charge in [0, 0.05) is 35.3 Å². The fraction of sp³-hybridized carbons (Fsp3) is 0.200. The van der Waals surface area contributed by atoms with E-state index in [1.54, 1.807) is 23.7 Å². The standard InChI is InChI=1S/C10H11N3S/c11-10(4-9-2-1-3-14-9)8-5-12-7-13-6-8/h1-3,5-7,10H,4,11H2. The summed E-state index contributed by atoms with van der Waals surface area (Å²) in [5.41, 5.74) is 7.00. The van der Waals surface area contributed by atoms with E-state index >= 15 is 0 Å². The van der Waals surface area contributed by atoms with Crippen LogP contribution in [0.15, 0.2) is 36.2 Å². The van der Waals surface area contributed by atoms with Crippen molar-refractivity contribution in [2.24, 2.45) is 5.73 Å². The molecular weight excluding hydrogens is 194 g/mol. The summed E-state index contributed by atoms with van der Waals surface area (Å²) in [6, 6.07) is 4.12. The highest BCUT2D eigenvalue weighted by Crippen LogP contribution is 2.17. The Hall–Kier alpha value is -1.26. The fourth-order valence-electron chi connectivity index (χ4n) is 1.27. The van der Waals surface area contributed by atoms with Crippen molar-refractivity contribution < 1.29 is 0 Å². The summed E-state index contributed by atoms with van der Waals surface area (Å²) in [5.74, 6) is 0. The number of nitrogens with zero attached hydrogens (tertiary/aromatic N) is 2. The van der Waals surface area contributed by atoms with Gasteiger partial charge < -0.3 is 5.73 Å². The molecule has 0 aliphatic rings.